The van der Waals surface area contributed by atoms with E-state index in [1.807, 2.05) is 0 Å². The van der Waals surface area contributed by atoms with Crippen molar-refractivity contribution in [2.75, 3.05) is 32.7 Å². The Morgan fingerprint density at radius 1 is 1.12 bits per heavy atom. The Bertz CT molecular complexity index is 1620. The van der Waals surface area contributed by atoms with E-state index < -0.39 is 18.4 Å². The smallest absolute Gasteiger partial charge is 0.257 e. The van der Waals surface area contributed by atoms with E-state index in [1.54, 1.807) is 12.1 Å². The fourth-order valence-corrected chi connectivity index (χ4v) is 5.56. The number of carbonyl (C=O) groups excluding carboxylic acids is 2. The van der Waals surface area contributed by atoms with Crippen molar-refractivity contribution < 1.29 is 27.5 Å². The molecule has 3 saturated carbocycles. The third kappa shape index (κ3) is 4.31. The summed E-state index contributed by atoms with van der Waals surface area (Å²) in [5.74, 6) is 0.213. The number of rotatable bonds is 9. The number of hydrogen-bond donors (Lipinski definition) is 3. The van der Waals surface area contributed by atoms with E-state index in [1.165, 1.54) is 44.6 Å². The number of hydrogen-bond acceptors (Lipinski definition) is 7. The second-order valence-corrected chi connectivity index (χ2v) is 10.2. The van der Waals surface area contributed by atoms with Gasteiger partial charge in [0.2, 0.25) is 11.6 Å². The fraction of sp³-hybridized carbons (Fsp3) is 0.310. The molecule has 9 nitrogen and oxygen atoms in total. The zero-order chi connectivity index (χ0) is 28.0. The van der Waals surface area contributed by atoms with Gasteiger partial charge in [-0.3, -0.25) is 9.59 Å². The number of nitrogens with zero attached hydrogens (tertiary/aromatic N) is 2. The van der Waals surface area contributed by atoms with Crippen molar-refractivity contribution in [1.29, 1.82) is 0 Å². The molecule has 1 aromatic carbocycles. The Hall–Kier alpha value is -4.54. The number of aromatic nitrogens is 2. The highest BCUT2D eigenvalue weighted by molar-refractivity contribution is 6.11. The molecular formula is C29H27F2N5O4. The summed E-state index contributed by atoms with van der Waals surface area (Å²) in [6, 6.07) is 8.89. The molecule has 3 heterocycles. The van der Waals surface area contributed by atoms with Crippen LogP contribution >= 0.6 is 0 Å². The van der Waals surface area contributed by atoms with Gasteiger partial charge in [0.05, 0.1) is 18.1 Å². The normalized spacial score (nSPS) is 18.9. The Morgan fingerprint density at radius 3 is 2.50 bits per heavy atom. The van der Waals surface area contributed by atoms with Crippen LogP contribution in [0.3, 0.4) is 0 Å². The van der Waals surface area contributed by atoms with Gasteiger partial charge in [-0.05, 0) is 61.6 Å². The molecule has 0 saturated heterocycles. The van der Waals surface area contributed by atoms with Crippen molar-refractivity contribution in [2.45, 2.75) is 24.8 Å². The van der Waals surface area contributed by atoms with Gasteiger partial charge in [-0.2, -0.15) is 4.98 Å². The summed E-state index contributed by atoms with van der Waals surface area (Å²) < 4.78 is 38.2. The van der Waals surface area contributed by atoms with Gasteiger partial charge >= 0.3 is 0 Å². The number of amides is 2. The van der Waals surface area contributed by atoms with Gasteiger partial charge < -0.3 is 25.1 Å². The minimum absolute atomic E-state index is 0.0278. The number of halogens is 2. The van der Waals surface area contributed by atoms with Crippen molar-refractivity contribution >= 4 is 28.7 Å². The van der Waals surface area contributed by atoms with E-state index >= 15 is 0 Å². The first-order valence-corrected chi connectivity index (χ1v) is 13.0. The minimum atomic E-state index is -0.654. The highest BCUT2D eigenvalue weighted by Gasteiger charge is 2.57. The van der Waals surface area contributed by atoms with E-state index in [-0.39, 0.29) is 52.3 Å². The van der Waals surface area contributed by atoms with Crippen LogP contribution in [0.5, 0.6) is 5.88 Å². The van der Waals surface area contributed by atoms with Crippen molar-refractivity contribution in [3.63, 3.8) is 0 Å². The maximum atomic E-state index is 13.6. The molecule has 0 unspecified atom stereocenters. The van der Waals surface area contributed by atoms with Crippen molar-refractivity contribution in [2.24, 2.45) is 5.92 Å². The van der Waals surface area contributed by atoms with Crippen molar-refractivity contribution in [3.8, 4) is 28.3 Å². The molecule has 3 N–H and O–H groups in total. The number of benzene rings is 1. The zero-order valence-corrected chi connectivity index (χ0v) is 21.9. The standard InChI is InChI=1S/C29H27F2N5O4/c1-32-26(38)22-20-10-19(17-9-21(27(39-2)34-14-17)25(37)36-29-11-15(12-29)13-29)24(33-8-7-30)35-28(20)40-23(22)16-3-5-18(31)6-4-16/h3-6,9-10,14-15H,7-8,11-13H2,1-2H3,(H,32,38)(H,33,35)(H,36,37). The molecular weight excluding hydrogens is 520 g/mol. The molecule has 0 radical (unpaired) electrons. The van der Waals surface area contributed by atoms with Crippen LogP contribution in [0.1, 0.15) is 40.0 Å². The first-order chi connectivity index (χ1) is 19.3. The highest BCUT2D eigenvalue weighted by atomic mass is 19.1. The molecule has 40 heavy (non-hydrogen) atoms. The van der Waals surface area contributed by atoms with Gasteiger partial charge in [-0.15, -0.1) is 0 Å². The molecule has 2 bridgehead atoms. The second-order valence-electron chi connectivity index (χ2n) is 10.2. The molecule has 0 spiro atoms. The van der Waals surface area contributed by atoms with Gasteiger partial charge in [-0.25, -0.2) is 13.8 Å². The Kier molecular flexibility index (Phi) is 6.36. The molecule has 4 aromatic rings. The summed E-state index contributed by atoms with van der Waals surface area (Å²) in [5, 5.41) is 9.09. The minimum Gasteiger partial charge on any atom is -0.480 e. The first kappa shape index (κ1) is 25.7. The number of anilines is 1. The van der Waals surface area contributed by atoms with E-state index in [2.05, 4.69) is 25.9 Å². The molecule has 7 rings (SSSR count). The molecule has 3 aliphatic rings. The first-order valence-electron chi connectivity index (χ1n) is 13.0. The summed E-state index contributed by atoms with van der Waals surface area (Å²) in [7, 11) is 2.94. The monoisotopic (exact) mass is 547 g/mol. The molecule has 206 valence electrons. The molecule has 0 atom stereocenters. The van der Waals surface area contributed by atoms with E-state index in [4.69, 9.17) is 9.15 Å². The third-order valence-corrected chi connectivity index (χ3v) is 7.65. The number of methoxy groups -OCH3 is 1. The maximum Gasteiger partial charge on any atom is 0.257 e. The van der Waals surface area contributed by atoms with Gasteiger partial charge in [-0.1, -0.05) is 0 Å². The third-order valence-electron chi connectivity index (χ3n) is 7.65. The summed E-state index contributed by atoms with van der Waals surface area (Å²) >= 11 is 0. The Morgan fingerprint density at radius 2 is 1.88 bits per heavy atom. The molecule has 3 aliphatic carbocycles. The quantitative estimate of drug-likeness (QED) is 0.277. The van der Waals surface area contributed by atoms with E-state index in [0.29, 0.717) is 28.0 Å². The largest absolute Gasteiger partial charge is 0.480 e. The number of alkyl halides is 1. The predicted molar refractivity (Wildman–Crippen MR) is 145 cm³/mol. The molecule has 3 fully saturated rings. The van der Waals surface area contributed by atoms with Gasteiger partial charge in [0, 0.05) is 42.0 Å². The van der Waals surface area contributed by atoms with E-state index in [9.17, 15) is 18.4 Å². The van der Waals surface area contributed by atoms with E-state index in [0.717, 1.165) is 19.3 Å². The lowest BCUT2D eigenvalue weighted by atomic mass is 9.50. The van der Waals surface area contributed by atoms with Crippen LogP contribution in [-0.4, -0.2) is 54.7 Å². The SMILES string of the molecule is CNC(=O)c1c(-c2ccc(F)cc2)oc2nc(NCCF)c(-c3cnc(OC)c(C(=O)NC45CC(C4)C5)c3)cc12. The van der Waals surface area contributed by atoms with Gasteiger partial charge in [0.15, 0.2) is 0 Å². The van der Waals surface area contributed by atoms with Crippen molar-refractivity contribution in [1.82, 2.24) is 20.6 Å². The number of carbonyl (C=O) groups is 2. The number of fused-ring (bicyclic) bond motifs is 1. The van der Waals surface area contributed by atoms with Gasteiger partial charge in [0.1, 0.15) is 29.6 Å². The van der Waals surface area contributed by atoms with Crippen LogP contribution in [-0.2, 0) is 0 Å². The topological polar surface area (TPSA) is 118 Å². The lowest BCUT2D eigenvalue weighted by Gasteiger charge is -2.61. The number of ether oxygens (including phenoxy) is 1. The fourth-order valence-electron chi connectivity index (χ4n) is 5.56. The average Bonchev–Trinajstić information content (AvgIpc) is 3.30. The number of furan rings is 1. The highest BCUT2D eigenvalue weighted by Crippen LogP contribution is 2.57. The summed E-state index contributed by atoms with van der Waals surface area (Å²) in [5.41, 5.74) is 1.92. The lowest BCUT2D eigenvalue weighted by Crippen LogP contribution is -2.68. The predicted octanol–water partition coefficient (Wildman–Crippen LogP) is 4.73. The van der Waals surface area contributed by atoms with Crippen LogP contribution in [0.4, 0.5) is 14.6 Å². The number of pyridine rings is 2. The van der Waals surface area contributed by atoms with Crippen LogP contribution in [0.25, 0.3) is 33.6 Å². The Balaban J connectivity index is 1.50. The maximum absolute atomic E-state index is 13.6. The Labute approximate surface area is 228 Å². The zero-order valence-electron chi connectivity index (χ0n) is 21.9. The average molecular weight is 548 g/mol. The molecule has 0 aliphatic heterocycles. The van der Waals surface area contributed by atoms with Crippen molar-refractivity contribution in [3.05, 3.63) is 59.5 Å². The molecule has 2 amide bonds. The summed E-state index contributed by atoms with van der Waals surface area (Å²) in [6.07, 6.45) is 4.46. The summed E-state index contributed by atoms with van der Waals surface area (Å²) in [4.78, 5) is 35.2. The van der Waals surface area contributed by atoms with Crippen LogP contribution in [0.2, 0.25) is 0 Å². The van der Waals surface area contributed by atoms with Crippen LogP contribution < -0.4 is 20.7 Å². The van der Waals surface area contributed by atoms with Gasteiger partial charge in [0.25, 0.3) is 11.8 Å². The van der Waals surface area contributed by atoms with Crippen LogP contribution in [0, 0.1) is 11.7 Å². The summed E-state index contributed by atoms with van der Waals surface area (Å²) in [6.45, 7) is -0.681. The lowest BCUT2D eigenvalue weighted by molar-refractivity contribution is -0.0439. The number of nitrogens with one attached hydrogen (secondary N) is 3. The molecule has 3 aromatic heterocycles. The second kappa shape index (κ2) is 9.89. The van der Waals surface area contributed by atoms with Crippen LogP contribution in [0.15, 0.2) is 47.0 Å². The molecule has 11 heteroatoms.